The van der Waals surface area contributed by atoms with E-state index in [1.165, 1.54) is 11.8 Å². The minimum atomic E-state index is -0.136. The molecule has 0 atom stereocenters. The minimum absolute atomic E-state index is 0.0339. The zero-order valence-corrected chi connectivity index (χ0v) is 18.9. The number of hydrogen-bond acceptors (Lipinski definition) is 5. The molecule has 166 valence electrons. The Labute approximate surface area is 197 Å². The van der Waals surface area contributed by atoms with Crippen LogP contribution in [0.5, 0.6) is 0 Å². The van der Waals surface area contributed by atoms with E-state index in [-0.39, 0.29) is 18.4 Å². The van der Waals surface area contributed by atoms with Crippen LogP contribution in [-0.2, 0) is 9.59 Å². The molecule has 2 aliphatic rings. The van der Waals surface area contributed by atoms with Crippen molar-refractivity contribution in [3.63, 3.8) is 0 Å². The third-order valence-corrected chi connectivity index (χ3v) is 6.91. The maximum atomic E-state index is 13.4. The van der Waals surface area contributed by atoms with Gasteiger partial charge in [-0.25, -0.2) is 4.98 Å². The van der Waals surface area contributed by atoms with Crippen LogP contribution in [0.3, 0.4) is 0 Å². The summed E-state index contributed by atoms with van der Waals surface area (Å²) in [6, 6.07) is 23.4. The van der Waals surface area contributed by atoms with Crippen LogP contribution in [0.1, 0.15) is 5.56 Å². The van der Waals surface area contributed by atoms with Crippen molar-refractivity contribution < 1.29 is 9.59 Å². The van der Waals surface area contributed by atoms with E-state index in [0.717, 1.165) is 35.1 Å². The fourth-order valence-electron chi connectivity index (χ4n) is 4.08. The van der Waals surface area contributed by atoms with Crippen molar-refractivity contribution in [2.45, 2.75) is 4.90 Å². The minimum Gasteiger partial charge on any atom is -0.353 e. The summed E-state index contributed by atoms with van der Waals surface area (Å²) in [4.78, 5) is 38.2. The highest BCUT2D eigenvalue weighted by molar-refractivity contribution is 8.04. The summed E-state index contributed by atoms with van der Waals surface area (Å²) in [5, 5.41) is 0. The highest BCUT2D eigenvalue weighted by Gasteiger charge is 2.32. The fourth-order valence-corrected chi connectivity index (χ4v) is 5.14. The van der Waals surface area contributed by atoms with E-state index < -0.39 is 0 Å². The summed E-state index contributed by atoms with van der Waals surface area (Å²) >= 11 is 1.46. The second kappa shape index (κ2) is 9.50. The standard InChI is InChI=1S/C26H24N4O2S/c31-25(29-16-14-28(15-17-29)24-12-6-7-13-27-24)19-30-21-10-4-5-11-22(21)33-23(26(30)32)18-20-8-2-1-3-9-20/h1-13,18H,14-17,19H2/b23-18-. The van der Waals surface area contributed by atoms with E-state index in [1.54, 1.807) is 11.1 Å². The molecule has 3 aromatic rings. The van der Waals surface area contributed by atoms with Gasteiger partial charge in [-0.1, -0.05) is 60.3 Å². The molecule has 0 saturated carbocycles. The third-order valence-electron chi connectivity index (χ3n) is 5.83. The Morgan fingerprint density at radius 1 is 0.909 bits per heavy atom. The molecular weight excluding hydrogens is 432 g/mol. The molecule has 0 unspecified atom stereocenters. The van der Waals surface area contributed by atoms with Gasteiger partial charge in [-0.05, 0) is 35.9 Å². The number of carbonyl (C=O) groups excluding carboxylic acids is 2. The molecule has 0 aliphatic carbocycles. The van der Waals surface area contributed by atoms with Gasteiger partial charge in [-0.15, -0.1) is 0 Å². The van der Waals surface area contributed by atoms with Crippen molar-refractivity contribution in [2.75, 3.05) is 42.5 Å². The first-order valence-electron chi connectivity index (χ1n) is 11.0. The number of carbonyl (C=O) groups is 2. The van der Waals surface area contributed by atoms with Gasteiger partial charge in [0.2, 0.25) is 5.91 Å². The molecule has 3 heterocycles. The Kier molecular flexibility index (Phi) is 6.13. The maximum absolute atomic E-state index is 13.4. The van der Waals surface area contributed by atoms with Crippen LogP contribution in [-0.4, -0.2) is 54.4 Å². The summed E-state index contributed by atoms with van der Waals surface area (Å²) < 4.78 is 0. The van der Waals surface area contributed by atoms with Crippen LogP contribution < -0.4 is 9.80 Å². The second-order valence-electron chi connectivity index (χ2n) is 7.94. The lowest BCUT2D eigenvalue weighted by Crippen LogP contribution is -2.52. The zero-order valence-electron chi connectivity index (χ0n) is 18.1. The lowest BCUT2D eigenvalue weighted by molar-refractivity contribution is -0.131. The van der Waals surface area contributed by atoms with Gasteiger partial charge in [0.25, 0.3) is 5.91 Å². The summed E-state index contributed by atoms with van der Waals surface area (Å²) in [6.07, 6.45) is 3.68. The number of benzene rings is 2. The largest absolute Gasteiger partial charge is 0.353 e. The number of aromatic nitrogens is 1. The number of thioether (sulfide) groups is 1. The van der Waals surface area contributed by atoms with Crippen molar-refractivity contribution >= 4 is 41.2 Å². The summed E-state index contributed by atoms with van der Waals surface area (Å²) in [6.45, 7) is 2.71. The molecule has 1 saturated heterocycles. The third kappa shape index (κ3) is 4.64. The molecule has 7 heteroatoms. The van der Waals surface area contributed by atoms with Gasteiger partial charge in [-0.2, -0.15) is 0 Å². The number of rotatable bonds is 4. The van der Waals surface area contributed by atoms with E-state index in [0.29, 0.717) is 18.0 Å². The second-order valence-corrected chi connectivity index (χ2v) is 9.02. The SMILES string of the molecule is O=C(CN1C(=O)/C(=C/c2ccccc2)Sc2ccccc21)N1CCN(c2ccccn2)CC1. The summed E-state index contributed by atoms with van der Waals surface area (Å²) in [5.41, 5.74) is 1.75. The van der Waals surface area contributed by atoms with Crippen molar-refractivity contribution in [1.29, 1.82) is 0 Å². The van der Waals surface area contributed by atoms with Crippen LogP contribution >= 0.6 is 11.8 Å². The van der Waals surface area contributed by atoms with Gasteiger partial charge in [0.05, 0.1) is 10.6 Å². The predicted octanol–water partition coefficient (Wildman–Crippen LogP) is 3.91. The first-order valence-corrected chi connectivity index (χ1v) is 11.8. The molecule has 0 radical (unpaired) electrons. The molecular formula is C26H24N4O2S. The van der Waals surface area contributed by atoms with Crippen LogP contribution in [0.2, 0.25) is 0 Å². The molecule has 0 bridgehead atoms. The van der Waals surface area contributed by atoms with E-state index in [1.807, 2.05) is 83.8 Å². The van der Waals surface area contributed by atoms with Crippen LogP contribution in [0.15, 0.2) is 88.8 Å². The summed E-state index contributed by atoms with van der Waals surface area (Å²) in [5.74, 6) is 0.755. The Morgan fingerprint density at radius 3 is 2.39 bits per heavy atom. The number of nitrogens with zero attached hydrogens (tertiary/aromatic N) is 4. The van der Waals surface area contributed by atoms with Crippen molar-refractivity contribution in [1.82, 2.24) is 9.88 Å². The average Bonchev–Trinajstić information content (AvgIpc) is 2.87. The van der Waals surface area contributed by atoms with Crippen molar-refractivity contribution in [3.05, 3.63) is 89.5 Å². The molecule has 0 spiro atoms. The molecule has 2 aliphatic heterocycles. The van der Waals surface area contributed by atoms with E-state index >= 15 is 0 Å². The lowest BCUT2D eigenvalue weighted by atomic mass is 10.2. The Balaban J connectivity index is 1.32. The van der Waals surface area contributed by atoms with Gasteiger partial charge < -0.3 is 9.80 Å². The van der Waals surface area contributed by atoms with Crippen LogP contribution in [0.25, 0.3) is 6.08 Å². The summed E-state index contributed by atoms with van der Waals surface area (Å²) in [7, 11) is 0. The van der Waals surface area contributed by atoms with Gasteiger partial charge in [-0.3, -0.25) is 14.5 Å². The van der Waals surface area contributed by atoms with Gasteiger partial charge in [0.15, 0.2) is 0 Å². The normalized spacial score (nSPS) is 17.3. The molecule has 2 amide bonds. The fraction of sp³-hybridized carbons (Fsp3) is 0.192. The van der Waals surface area contributed by atoms with Gasteiger partial charge >= 0.3 is 0 Å². The van der Waals surface area contributed by atoms with Gasteiger partial charge in [0, 0.05) is 37.3 Å². The van der Waals surface area contributed by atoms with E-state index in [9.17, 15) is 9.59 Å². The maximum Gasteiger partial charge on any atom is 0.265 e. The van der Waals surface area contributed by atoms with Crippen molar-refractivity contribution in [2.24, 2.45) is 0 Å². The topological polar surface area (TPSA) is 56.8 Å². The smallest absolute Gasteiger partial charge is 0.265 e. The molecule has 33 heavy (non-hydrogen) atoms. The number of amides is 2. The highest BCUT2D eigenvalue weighted by Crippen LogP contribution is 2.42. The van der Waals surface area contributed by atoms with Crippen LogP contribution in [0, 0.1) is 0 Å². The number of piperazine rings is 1. The predicted molar refractivity (Wildman–Crippen MR) is 132 cm³/mol. The quantitative estimate of drug-likeness (QED) is 0.557. The molecule has 2 aromatic carbocycles. The van der Waals surface area contributed by atoms with Crippen molar-refractivity contribution in [3.8, 4) is 0 Å². The molecule has 6 nitrogen and oxygen atoms in total. The molecule has 1 fully saturated rings. The Hall–Kier alpha value is -3.58. The zero-order chi connectivity index (χ0) is 22.6. The lowest BCUT2D eigenvalue weighted by Gasteiger charge is -2.37. The number of anilines is 2. The highest BCUT2D eigenvalue weighted by atomic mass is 32.2. The number of pyridine rings is 1. The average molecular weight is 457 g/mol. The first-order chi connectivity index (χ1) is 16.2. The monoisotopic (exact) mass is 456 g/mol. The number of para-hydroxylation sites is 1. The Bertz CT molecular complexity index is 1180. The van der Waals surface area contributed by atoms with E-state index in [4.69, 9.17) is 0 Å². The van der Waals surface area contributed by atoms with Gasteiger partial charge in [0.1, 0.15) is 12.4 Å². The molecule has 0 N–H and O–H groups in total. The molecule has 1 aromatic heterocycles. The number of fused-ring (bicyclic) bond motifs is 1. The van der Waals surface area contributed by atoms with Crippen LogP contribution in [0.4, 0.5) is 11.5 Å². The number of hydrogen-bond donors (Lipinski definition) is 0. The molecule has 5 rings (SSSR count). The van der Waals surface area contributed by atoms with E-state index in [2.05, 4.69) is 9.88 Å². The first kappa shape index (κ1) is 21.3. The Morgan fingerprint density at radius 2 is 1.64 bits per heavy atom.